The topological polar surface area (TPSA) is 102 Å². The monoisotopic (exact) mass is 558 g/mol. The van der Waals surface area contributed by atoms with E-state index in [0.29, 0.717) is 23.5 Å². The first-order valence-corrected chi connectivity index (χ1v) is 12.9. The number of carbonyl (C=O) groups is 4. The second-order valence-electron chi connectivity index (χ2n) is 8.61. The summed E-state index contributed by atoms with van der Waals surface area (Å²) in [7, 11) is 0. The lowest BCUT2D eigenvalue weighted by Gasteiger charge is -2.17. The lowest BCUT2D eigenvalue weighted by atomic mass is 10.1. The smallest absolute Gasteiger partial charge is 0.338 e. The van der Waals surface area contributed by atoms with E-state index in [1.165, 1.54) is 4.90 Å². The molecule has 0 unspecified atom stereocenters. The molecule has 0 saturated carbocycles. The van der Waals surface area contributed by atoms with Gasteiger partial charge in [-0.25, -0.2) is 4.79 Å². The minimum absolute atomic E-state index is 0.00559. The van der Waals surface area contributed by atoms with E-state index in [2.05, 4.69) is 28.2 Å². The Bertz CT molecular complexity index is 1100. The number of rotatable bonds is 11. The van der Waals surface area contributed by atoms with E-state index in [4.69, 9.17) is 9.47 Å². The van der Waals surface area contributed by atoms with E-state index in [1.54, 1.807) is 30.3 Å². The van der Waals surface area contributed by atoms with E-state index in [0.717, 1.165) is 35.7 Å². The van der Waals surface area contributed by atoms with E-state index >= 15 is 0 Å². The normalized spacial score (nSPS) is 15.0. The maximum absolute atomic E-state index is 12.5. The van der Waals surface area contributed by atoms with Crippen LogP contribution in [-0.2, 0) is 30.3 Å². The lowest BCUT2D eigenvalue weighted by molar-refractivity contribution is -0.151. The van der Waals surface area contributed by atoms with Crippen LogP contribution in [0.15, 0.2) is 46.9 Å². The van der Waals surface area contributed by atoms with Gasteiger partial charge in [-0.3, -0.25) is 14.4 Å². The van der Waals surface area contributed by atoms with Crippen LogP contribution in [0.3, 0.4) is 0 Å². The van der Waals surface area contributed by atoms with Crippen LogP contribution < -0.4 is 10.2 Å². The molecular formula is C27H31BrN2O6. The third kappa shape index (κ3) is 7.40. The van der Waals surface area contributed by atoms with Crippen LogP contribution in [0.5, 0.6) is 0 Å². The Labute approximate surface area is 219 Å². The van der Waals surface area contributed by atoms with Gasteiger partial charge in [0.15, 0.2) is 6.61 Å². The summed E-state index contributed by atoms with van der Waals surface area (Å²) in [6.07, 6.45) is 3.60. The molecule has 2 aromatic rings. The number of amides is 2. The van der Waals surface area contributed by atoms with Crippen molar-refractivity contribution in [1.29, 1.82) is 0 Å². The van der Waals surface area contributed by atoms with Crippen molar-refractivity contribution in [2.24, 2.45) is 5.92 Å². The van der Waals surface area contributed by atoms with Gasteiger partial charge in [-0.2, -0.15) is 0 Å². The van der Waals surface area contributed by atoms with Gasteiger partial charge in [-0.15, -0.1) is 0 Å². The number of benzene rings is 2. The highest BCUT2D eigenvalue weighted by molar-refractivity contribution is 9.10. The summed E-state index contributed by atoms with van der Waals surface area (Å²) in [6, 6.07) is 12.1. The standard InChI is InChI=1S/C27H31BrN2O6/c1-3-5-6-13-35-26(33)19-7-10-22(11-8-19)30-16-20(15-25(30)32)27(34)36-17-24(31)29-23-12-9-21(28)14-18(23)4-2/h7-12,14,20H,3-6,13,15-17H2,1-2H3,(H,29,31)/t20-/m1/s1. The van der Waals surface area contributed by atoms with Crippen molar-refractivity contribution in [3.05, 3.63) is 58.1 Å². The molecule has 2 amide bonds. The third-order valence-corrected chi connectivity index (χ3v) is 6.42. The Morgan fingerprint density at radius 3 is 2.50 bits per heavy atom. The molecule has 0 bridgehead atoms. The van der Waals surface area contributed by atoms with E-state index in [1.807, 2.05) is 19.1 Å². The van der Waals surface area contributed by atoms with Gasteiger partial charge in [0.05, 0.1) is 18.1 Å². The Kier molecular flexibility index (Phi) is 10.0. The Hall–Kier alpha value is -3.20. The number of aryl methyl sites for hydroxylation is 1. The molecule has 1 fully saturated rings. The number of halogens is 1. The first kappa shape index (κ1) is 27.4. The molecule has 1 aliphatic heterocycles. The zero-order valence-electron chi connectivity index (χ0n) is 20.6. The highest BCUT2D eigenvalue weighted by Crippen LogP contribution is 2.27. The molecule has 2 aromatic carbocycles. The Morgan fingerprint density at radius 1 is 1.06 bits per heavy atom. The van der Waals surface area contributed by atoms with Crippen molar-refractivity contribution in [3.63, 3.8) is 0 Å². The maximum atomic E-state index is 12.5. The number of esters is 2. The molecule has 1 atom stereocenters. The van der Waals surface area contributed by atoms with Gasteiger partial charge < -0.3 is 19.7 Å². The van der Waals surface area contributed by atoms with Crippen LogP contribution in [0.2, 0.25) is 0 Å². The number of carbonyl (C=O) groups excluding carboxylic acids is 4. The average molecular weight is 559 g/mol. The molecule has 8 nitrogen and oxygen atoms in total. The number of hydrogen-bond acceptors (Lipinski definition) is 6. The summed E-state index contributed by atoms with van der Waals surface area (Å²) in [5, 5.41) is 2.76. The van der Waals surface area contributed by atoms with Crippen molar-refractivity contribution >= 4 is 51.1 Å². The number of unbranched alkanes of at least 4 members (excludes halogenated alkanes) is 2. The van der Waals surface area contributed by atoms with Crippen molar-refractivity contribution in [3.8, 4) is 0 Å². The van der Waals surface area contributed by atoms with Crippen LogP contribution in [0.1, 0.15) is 55.5 Å². The fraction of sp³-hybridized carbons (Fsp3) is 0.407. The quantitative estimate of drug-likeness (QED) is 0.311. The Balaban J connectivity index is 1.50. The summed E-state index contributed by atoms with van der Waals surface area (Å²) in [5.74, 6) is -2.34. The molecule has 36 heavy (non-hydrogen) atoms. The lowest BCUT2D eigenvalue weighted by Crippen LogP contribution is -2.28. The van der Waals surface area contributed by atoms with Crippen molar-refractivity contribution in [1.82, 2.24) is 0 Å². The summed E-state index contributed by atoms with van der Waals surface area (Å²) in [4.78, 5) is 51.0. The van der Waals surface area contributed by atoms with Gasteiger partial charge in [0.1, 0.15) is 0 Å². The molecule has 3 rings (SSSR count). The minimum Gasteiger partial charge on any atom is -0.462 e. The van der Waals surface area contributed by atoms with E-state index < -0.39 is 30.4 Å². The molecule has 9 heteroatoms. The molecule has 1 saturated heterocycles. The fourth-order valence-corrected chi connectivity index (χ4v) is 4.32. The van der Waals surface area contributed by atoms with Crippen molar-refractivity contribution in [2.45, 2.75) is 46.0 Å². The predicted molar refractivity (Wildman–Crippen MR) is 140 cm³/mol. The summed E-state index contributed by atoms with van der Waals surface area (Å²) < 4.78 is 11.4. The van der Waals surface area contributed by atoms with Crippen LogP contribution in [0.25, 0.3) is 0 Å². The maximum Gasteiger partial charge on any atom is 0.338 e. The molecular weight excluding hydrogens is 528 g/mol. The van der Waals surface area contributed by atoms with Crippen molar-refractivity contribution < 1.29 is 28.7 Å². The fourth-order valence-electron chi connectivity index (χ4n) is 3.91. The van der Waals surface area contributed by atoms with Crippen LogP contribution >= 0.6 is 15.9 Å². The number of anilines is 2. The van der Waals surface area contributed by atoms with Gasteiger partial charge >= 0.3 is 11.9 Å². The predicted octanol–water partition coefficient (Wildman–Crippen LogP) is 4.89. The molecule has 1 N–H and O–H groups in total. The summed E-state index contributed by atoms with van der Waals surface area (Å²) in [5.41, 5.74) is 2.60. The van der Waals surface area contributed by atoms with Crippen molar-refractivity contribution in [2.75, 3.05) is 30.0 Å². The molecule has 0 aromatic heterocycles. The molecule has 0 radical (unpaired) electrons. The van der Waals surface area contributed by atoms with Gasteiger partial charge in [0, 0.05) is 28.8 Å². The number of nitrogens with one attached hydrogen (secondary N) is 1. The minimum atomic E-state index is -0.674. The molecule has 1 aliphatic rings. The van der Waals surface area contributed by atoms with Crippen LogP contribution in [-0.4, -0.2) is 43.5 Å². The molecule has 0 aliphatic carbocycles. The molecule has 0 spiro atoms. The summed E-state index contributed by atoms with van der Waals surface area (Å²) >= 11 is 3.41. The third-order valence-electron chi connectivity index (χ3n) is 5.92. The second kappa shape index (κ2) is 13.2. The van der Waals surface area contributed by atoms with Gasteiger partial charge in [-0.05, 0) is 60.9 Å². The second-order valence-corrected chi connectivity index (χ2v) is 9.52. The number of nitrogens with zero attached hydrogens (tertiary/aromatic N) is 1. The van der Waals surface area contributed by atoms with E-state index in [-0.39, 0.29) is 18.9 Å². The van der Waals surface area contributed by atoms with Gasteiger partial charge in [0.25, 0.3) is 5.91 Å². The highest BCUT2D eigenvalue weighted by atomic mass is 79.9. The van der Waals surface area contributed by atoms with Gasteiger partial charge in [-0.1, -0.05) is 42.6 Å². The largest absolute Gasteiger partial charge is 0.462 e. The summed E-state index contributed by atoms with van der Waals surface area (Å²) in [6.45, 7) is 4.15. The Morgan fingerprint density at radius 2 is 1.81 bits per heavy atom. The van der Waals surface area contributed by atoms with E-state index in [9.17, 15) is 19.2 Å². The molecule has 192 valence electrons. The zero-order chi connectivity index (χ0) is 26.1. The SMILES string of the molecule is CCCCCOC(=O)c1ccc(N2C[C@H](C(=O)OCC(=O)Nc3ccc(Br)cc3CC)CC2=O)cc1. The molecule has 1 heterocycles. The van der Waals surface area contributed by atoms with Gasteiger partial charge in [0.2, 0.25) is 5.91 Å². The number of ether oxygens (including phenoxy) is 2. The van der Waals surface area contributed by atoms with Crippen LogP contribution in [0, 0.1) is 5.92 Å². The first-order chi connectivity index (χ1) is 17.3. The highest BCUT2D eigenvalue weighted by Gasteiger charge is 2.36. The first-order valence-electron chi connectivity index (χ1n) is 12.1. The number of hydrogen-bond donors (Lipinski definition) is 1. The van der Waals surface area contributed by atoms with Crippen LogP contribution in [0.4, 0.5) is 11.4 Å². The zero-order valence-corrected chi connectivity index (χ0v) is 22.1. The average Bonchev–Trinajstić information content (AvgIpc) is 3.27.